The van der Waals surface area contributed by atoms with Crippen LogP contribution in [0, 0.1) is 12.7 Å². The van der Waals surface area contributed by atoms with Gasteiger partial charge >= 0.3 is 0 Å². The zero-order valence-electron chi connectivity index (χ0n) is 17.9. The number of amides is 1. The normalized spacial score (nSPS) is 17.6. The van der Waals surface area contributed by atoms with Crippen molar-refractivity contribution in [2.75, 3.05) is 31.6 Å². The van der Waals surface area contributed by atoms with E-state index in [4.69, 9.17) is 4.74 Å². The number of carbonyl (C=O) groups is 1. The van der Waals surface area contributed by atoms with Gasteiger partial charge in [0.05, 0.1) is 18.1 Å². The molecule has 1 amide bonds. The Morgan fingerprint density at radius 3 is 2.42 bits per heavy atom. The predicted molar refractivity (Wildman–Crippen MR) is 118 cm³/mol. The van der Waals surface area contributed by atoms with Crippen LogP contribution in [0.3, 0.4) is 0 Å². The number of nitrogens with zero attached hydrogens (tertiary/aromatic N) is 1. The van der Waals surface area contributed by atoms with Crippen molar-refractivity contribution in [1.82, 2.24) is 9.03 Å². The molecule has 1 heterocycles. The van der Waals surface area contributed by atoms with Crippen molar-refractivity contribution in [1.29, 1.82) is 0 Å². The first-order valence-electron chi connectivity index (χ1n) is 10.4. The molecule has 1 aliphatic heterocycles. The summed E-state index contributed by atoms with van der Waals surface area (Å²) >= 11 is 0. The summed E-state index contributed by atoms with van der Waals surface area (Å²) in [4.78, 5) is 12.3. The van der Waals surface area contributed by atoms with Gasteiger partial charge in [0.2, 0.25) is 20.0 Å². The Morgan fingerprint density at radius 2 is 1.76 bits per heavy atom. The summed E-state index contributed by atoms with van der Waals surface area (Å²) in [7, 11) is -7.88. The molecular formula is C21H24FN3O6S2. The molecule has 178 valence electrons. The van der Waals surface area contributed by atoms with E-state index in [1.807, 2.05) is 0 Å². The lowest BCUT2D eigenvalue weighted by Gasteiger charge is -2.26. The van der Waals surface area contributed by atoms with E-state index < -0.39 is 36.7 Å². The zero-order valence-corrected chi connectivity index (χ0v) is 19.5. The first kappa shape index (κ1) is 23.8. The van der Waals surface area contributed by atoms with Gasteiger partial charge in [-0.15, -0.1) is 0 Å². The summed E-state index contributed by atoms with van der Waals surface area (Å²) in [5.74, 6) is -1.58. The highest BCUT2D eigenvalue weighted by atomic mass is 32.2. The smallest absolute Gasteiger partial charge is 0.255 e. The fourth-order valence-corrected chi connectivity index (χ4v) is 6.23. The predicted octanol–water partition coefficient (Wildman–Crippen LogP) is 1.85. The van der Waals surface area contributed by atoms with Gasteiger partial charge in [0, 0.05) is 30.4 Å². The fraction of sp³-hybridized carbons (Fsp3) is 0.381. The molecule has 0 bridgehead atoms. The highest BCUT2D eigenvalue weighted by Crippen LogP contribution is 2.26. The van der Waals surface area contributed by atoms with Gasteiger partial charge in [0.15, 0.2) is 0 Å². The number of morpholine rings is 1. The van der Waals surface area contributed by atoms with Crippen LogP contribution in [0.2, 0.25) is 0 Å². The van der Waals surface area contributed by atoms with Crippen LogP contribution in [-0.4, -0.2) is 59.4 Å². The quantitative estimate of drug-likeness (QED) is 0.602. The third kappa shape index (κ3) is 5.25. The monoisotopic (exact) mass is 497 g/mol. The van der Waals surface area contributed by atoms with Gasteiger partial charge in [-0.05, 0) is 55.7 Å². The molecule has 9 nitrogen and oxygen atoms in total. The van der Waals surface area contributed by atoms with E-state index in [1.54, 1.807) is 6.92 Å². The van der Waals surface area contributed by atoms with E-state index in [0.717, 1.165) is 29.3 Å². The minimum Gasteiger partial charge on any atom is -0.379 e. The molecule has 0 spiro atoms. The lowest BCUT2D eigenvalue weighted by molar-refractivity contribution is 0.0729. The second-order valence-corrected chi connectivity index (χ2v) is 11.6. The summed E-state index contributed by atoms with van der Waals surface area (Å²) in [5.41, 5.74) is 0.703. The number of carbonyl (C=O) groups excluding carboxylic acids is 1. The lowest BCUT2D eigenvalue weighted by atomic mass is 10.1. The van der Waals surface area contributed by atoms with Crippen molar-refractivity contribution in [2.45, 2.75) is 35.6 Å². The van der Waals surface area contributed by atoms with Gasteiger partial charge in [-0.2, -0.15) is 4.31 Å². The molecular weight excluding hydrogens is 473 g/mol. The summed E-state index contributed by atoms with van der Waals surface area (Å²) in [5, 5.41) is 2.54. The van der Waals surface area contributed by atoms with Gasteiger partial charge in [-0.25, -0.2) is 25.9 Å². The van der Waals surface area contributed by atoms with E-state index in [-0.39, 0.29) is 48.5 Å². The van der Waals surface area contributed by atoms with Crippen LogP contribution in [0.5, 0.6) is 0 Å². The maximum atomic E-state index is 14.4. The maximum absolute atomic E-state index is 14.4. The minimum absolute atomic E-state index is 0.0418. The van der Waals surface area contributed by atoms with Crippen LogP contribution in [0.1, 0.15) is 28.8 Å². The molecule has 2 fully saturated rings. The molecule has 12 heteroatoms. The van der Waals surface area contributed by atoms with Crippen LogP contribution in [0.25, 0.3) is 0 Å². The molecule has 0 radical (unpaired) electrons. The van der Waals surface area contributed by atoms with Crippen LogP contribution >= 0.6 is 0 Å². The summed E-state index contributed by atoms with van der Waals surface area (Å²) < 4.78 is 74.0. The average molecular weight is 498 g/mol. The Hall–Kier alpha value is -2.38. The molecule has 4 rings (SSSR count). The van der Waals surface area contributed by atoms with Crippen LogP contribution < -0.4 is 10.0 Å². The lowest BCUT2D eigenvalue weighted by Crippen LogP contribution is -2.40. The van der Waals surface area contributed by atoms with E-state index in [1.165, 1.54) is 24.3 Å². The third-order valence-electron chi connectivity index (χ3n) is 5.44. The minimum atomic E-state index is -4.12. The summed E-state index contributed by atoms with van der Waals surface area (Å²) in [6.45, 7) is 2.29. The Kier molecular flexibility index (Phi) is 6.56. The van der Waals surface area contributed by atoms with Crippen molar-refractivity contribution in [3.63, 3.8) is 0 Å². The Morgan fingerprint density at radius 1 is 1.06 bits per heavy atom. The first-order valence-corrected chi connectivity index (χ1v) is 13.3. The van der Waals surface area contributed by atoms with E-state index in [2.05, 4.69) is 10.0 Å². The number of aryl methyl sites for hydroxylation is 1. The Labute approximate surface area is 192 Å². The van der Waals surface area contributed by atoms with Crippen molar-refractivity contribution in [3.05, 3.63) is 53.3 Å². The van der Waals surface area contributed by atoms with E-state index >= 15 is 0 Å². The number of anilines is 1. The standard InChI is InChI=1S/C21H24FN3O6S2/c1-14-2-6-17(32(27,28)24-15-3-4-15)13-18(14)21(26)23-16-5-7-19(22)20(12-16)33(29,30)25-8-10-31-11-9-25/h2,5-7,12-13,15,24H,3-4,8-11H2,1H3,(H,23,26). The van der Waals surface area contributed by atoms with E-state index in [9.17, 15) is 26.0 Å². The van der Waals surface area contributed by atoms with Crippen molar-refractivity contribution in [2.24, 2.45) is 0 Å². The van der Waals surface area contributed by atoms with Gasteiger partial charge in [-0.3, -0.25) is 4.79 Å². The zero-order chi connectivity index (χ0) is 23.8. The molecule has 0 unspecified atom stereocenters. The molecule has 2 aromatic rings. The molecule has 1 saturated heterocycles. The van der Waals surface area contributed by atoms with Crippen LogP contribution in [-0.2, 0) is 24.8 Å². The molecule has 1 aliphatic carbocycles. The Balaban J connectivity index is 1.59. The molecule has 2 aromatic carbocycles. The van der Waals surface area contributed by atoms with Crippen LogP contribution in [0.4, 0.5) is 10.1 Å². The number of hydrogen-bond donors (Lipinski definition) is 2. The second kappa shape index (κ2) is 9.11. The molecule has 1 saturated carbocycles. The number of rotatable bonds is 7. The number of benzene rings is 2. The highest BCUT2D eigenvalue weighted by Gasteiger charge is 2.30. The maximum Gasteiger partial charge on any atom is 0.255 e. The van der Waals surface area contributed by atoms with Crippen molar-refractivity contribution in [3.8, 4) is 0 Å². The number of halogens is 1. The summed E-state index contributed by atoms with van der Waals surface area (Å²) in [6.07, 6.45) is 1.55. The fourth-order valence-electron chi connectivity index (χ4n) is 3.40. The number of ether oxygens (including phenoxy) is 1. The number of nitrogens with one attached hydrogen (secondary N) is 2. The molecule has 0 atom stereocenters. The van der Waals surface area contributed by atoms with Gasteiger partial charge in [0.25, 0.3) is 5.91 Å². The van der Waals surface area contributed by atoms with Gasteiger partial charge in [-0.1, -0.05) is 6.07 Å². The topological polar surface area (TPSA) is 122 Å². The molecule has 0 aromatic heterocycles. The SMILES string of the molecule is Cc1ccc(S(=O)(=O)NC2CC2)cc1C(=O)Nc1ccc(F)c(S(=O)(=O)N2CCOCC2)c1. The number of hydrogen-bond acceptors (Lipinski definition) is 6. The highest BCUT2D eigenvalue weighted by molar-refractivity contribution is 7.89. The first-order chi connectivity index (χ1) is 15.6. The van der Waals surface area contributed by atoms with Gasteiger partial charge in [0.1, 0.15) is 10.7 Å². The molecule has 2 aliphatic rings. The third-order valence-corrected chi connectivity index (χ3v) is 8.87. The number of sulfonamides is 2. The second-order valence-electron chi connectivity index (χ2n) is 7.99. The molecule has 33 heavy (non-hydrogen) atoms. The van der Waals surface area contributed by atoms with Crippen LogP contribution in [0.15, 0.2) is 46.2 Å². The summed E-state index contributed by atoms with van der Waals surface area (Å²) in [6, 6.07) is 7.40. The largest absolute Gasteiger partial charge is 0.379 e. The Bertz CT molecular complexity index is 1290. The van der Waals surface area contributed by atoms with Crippen molar-refractivity contribution >= 4 is 31.6 Å². The van der Waals surface area contributed by atoms with E-state index in [0.29, 0.717) is 5.56 Å². The van der Waals surface area contributed by atoms with Crippen molar-refractivity contribution < 1.29 is 30.8 Å². The average Bonchev–Trinajstić information content (AvgIpc) is 3.59. The van der Waals surface area contributed by atoms with Gasteiger partial charge < -0.3 is 10.1 Å². The molecule has 2 N–H and O–H groups in total.